The van der Waals surface area contributed by atoms with Crippen molar-refractivity contribution in [1.82, 2.24) is 4.98 Å². The fraction of sp³-hybridized carbons (Fsp3) is 0.636. The SMILES string of the molecule is CC1(C)CC(Nc2nc(C(=O)O)cs2)CCO1. The van der Waals surface area contributed by atoms with Gasteiger partial charge in [0.15, 0.2) is 10.8 Å². The molecule has 1 unspecified atom stereocenters. The predicted octanol–water partition coefficient (Wildman–Crippen LogP) is 2.21. The second-order valence-corrected chi connectivity index (χ2v) is 5.64. The Morgan fingerprint density at radius 2 is 2.47 bits per heavy atom. The number of aromatic nitrogens is 1. The molecule has 1 saturated heterocycles. The van der Waals surface area contributed by atoms with E-state index in [1.54, 1.807) is 5.38 Å². The Kier molecular flexibility index (Phi) is 3.35. The summed E-state index contributed by atoms with van der Waals surface area (Å²) in [6.45, 7) is 4.85. The van der Waals surface area contributed by atoms with Gasteiger partial charge in [-0.2, -0.15) is 0 Å². The van der Waals surface area contributed by atoms with Crippen molar-refractivity contribution in [3.05, 3.63) is 11.1 Å². The number of aromatic carboxylic acids is 1. The average molecular weight is 256 g/mol. The number of thiazole rings is 1. The largest absolute Gasteiger partial charge is 0.476 e. The molecule has 1 aromatic rings. The van der Waals surface area contributed by atoms with Crippen LogP contribution in [0.2, 0.25) is 0 Å². The molecule has 5 nitrogen and oxygen atoms in total. The van der Waals surface area contributed by atoms with Gasteiger partial charge in [-0.1, -0.05) is 0 Å². The topological polar surface area (TPSA) is 71.5 Å². The number of carboxylic acids is 1. The summed E-state index contributed by atoms with van der Waals surface area (Å²) in [6.07, 6.45) is 1.82. The molecule has 94 valence electrons. The number of anilines is 1. The second kappa shape index (κ2) is 4.62. The molecule has 1 aliphatic rings. The van der Waals surface area contributed by atoms with Crippen molar-refractivity contribution in [2.24, 2.45) is 0 Å². The summed E-state index contributed by atoms with van der Waals surface area (Å²) >= 11 is 1.33. The number of nitrogens with one attached hydrogen (secondary N) is 1. The van der Waals surface area contributed by atoms with Crippen LogP contribution in [0.15, 0.2) is 5.38 Å². The number of carboxylic acid groups (broad SMARTS) is 1. The van der Waals surface area contributed by atoms with Crippen LogP contribution in [0, 0.1) is 0 Å². The van der Waals surface area contributed by atoms with E-state index in [1.807, 2.05) is 0 Å². The highest BCUT2D eigenvalue weighted by Crippen LogP contribution is 2.27. The molecule has 2 rings (SSSR count). The summed E-state index contributed by atoms with van der Waals surface area (Å²) in [5, 5.41) is 14.3. The van der Waals surface area contributed by atoms with Crippen LogP contribution in [0.25, 0.3) is 0 Å². The van der Waals surface area contributed by atoms with Crippen molar-refractivity contribution in [3.63, 3.8) is 0 Å². The molecule has 0 bridgehead atoms. The van der Waals surface area contributed by atoms with Crippen molar-refractivity contribution >= 4 is 22.4 Å². The van der Waals surface area contributed by atoms with Crippen molar-refractivity contribution in [1.29, 1.82) is 0 Å². The summed E-state index contributed by atoms with van der Waals surface area (Å²) in [4.78, 5) is 14.7. The molecule has 2 heterocycles. The molecule has 0 aliphatic carbocycles. The van der Waals surface area contributed by atoms with E-state index < -0.39 is 5.97 Å². The highest BCUT2D eigenvalue weighted by molar-refractivity contribution is 7.13. The van der Waals surface area contributed by atoms with Crippen LogP contribution in [0.4, 0.5) is 5.13 Å². The molecule has 0 saturated carbocycles. The van der Waals surface area contributed by atoms with Gasteiger partial charge in [0, 0.05) is 18.0 Å². The Balaban J connectivity index is 1.98. The standard InChI is InChI=1S/C11H16N2O3S/c1-11(2)5-7(3-4-16-11)12-10-13-8(6-17-10)9(14)15/h6-7H,3-5H2,1-2H3,(H,12,13)(H,14,15). The van der Waals surface area contributed by atoms with Gasteiger partial charge in [-0.15, -0.1) is 11.3 Å². The molecular formula is C11H16N2O3S. The molecule has 1 aliphatic heterocycles. The molecule has 0 radical (unpaired) electrons. The summed E-state index contributed by atoms with van der Waals surface area (Å²) in [5.74, 6) is -0.985. The first-order chi connectivity index (χ1) is 7.96. The Morgan fingerprint density at radius 3 is 3.06 bits per heavy atom. The third-order valence-corrected chi connectivity index (χ3v) is 3.52. The Bertz CT molecular complexity index is 417. The summed E-state index contributed by atoms with van der Waals surface area (Å²) < 4.78 is 5.63. The smallest absolute Gasteiger partial charge is 0.355 e. The average Bonchev–Trinajstić information content (AvgIpc) is 2.64. The number of ether oxygens (including phenoxy) is 1. The van der Waals surface area contributed by atoms with Gasteiger partial charge in [0.2, 0.25) is 0 Å². The van der Waals surface area contributed by atoms with Gasteiger partial charge in [-0.25, -0.2) is 9.78 Å². The maximum atomic E-state index is 10.7. The van der Waals surface area contributed by atoms with Gasteiger partial charge in [-0.3, -0.25) is 0 Å². The van der Waals surface area contributed by atoms with Crippen molar-refractivity contribution in [3.8, 4) is 0 Å². The molecule has 17 heavy (non-hydrogen) atoms. The van der Waals surface area contributed by atoms with Crippen LogP contribution in [-0.2, 0) is 4.74 Å². The Labute approximate surface area is 104 Å². The zero-order chi connectivity index (χ0) is 12.5. The first-order valence-electron chi connectivity index (χ1n) is 5.55. The lowest BCUT2D eigenvalue weighted by Crippen LogP contribution is -2.40. The summed E-state index contributed by atoms with van der Waals surface area (Å²) in [7, 11) is 0. The Hall–Kier alpha value is -1.14. The van der Waals surface area contributed by atoms with Gasteiger partial charge in [0.05, 0.1) is 5.60 Å². The van der Waals surface area contributed by atoms with E-state index in [1.165, 1.54) is 11.3 Å². The van der Waals surface area contributed by atoms with Gasteiger partial charge >= 0.3 is 5.97 Å². The van der Waals surface area contributed by atoms with E-state index in [2.05, 4.69) is 24.1 Å². The van der Waals surface area contributed by atoms with E-state index in [0.717, 1.165) is 19.4 Å². The highest BCUT2D eigenvalue weighted by Gasteiger charge is 2.29. The van der Waals surface area contributed by atoms with Crippen molar-refractivity contribution < 1.29 is 14.6 Å². The minimum atomic E-state index is -0.985. The molecular weight excluding hydrogens is 240 g/mol. The van der Waals surface area contributed by atoms with Gasteiger partial charge in [-0.05, 0) is 26.7 Å². The monoisotopic (exact) mass is 256 g/mol. The lowest BCUT2D eigenvalue weighted by Gasteiger charge is -2.35. The van der Waals surface area contributed by atoms with Gasteiger partial charge in [0.25, 0.3) is 0 Å². The van der Waals surface area contributed by atoms with Crippen LogP contribution in [0.1, 0.15) is 37.2 Å². The molecule has 0 aromatic carbocycles. The van der Waals surface area contributed by atoms with Gasteiger partial charge < -0.3 is 15.2 Å². The fourth-order valence-electron chi connectivity index (χ4n) is 1.97. The molecule has 1 atom stereocenters. The highest BCUT2D eigenvalue weighted by atomic mass is 32.1. The number of nitrogens with zero attached hydrogens (tertiary/aromatic N) is 1. The molecule has 1 fully saturated rings. The van der Waals surface area contributed by atoms with E-state index in [4.69, 9.17) is 9.84 Å². The van der Waals surface area contributed by atoms with Crippen LogP contribution < -0.4 is 5.32 Å². The normalized spacial score (nSPS) is 23.3. The summed E-state index contributed by atoms with van der Waals surface area (Å²) in [6, 6.07) is 0.298. The van der Waals surface area contributed by atoms with E-state index >= 15 is 0 Å². The molecule has 2 N–H and O–H groups in total. The lowest BCUT2D eigenvalue weighted by molar-refractivity contribution is -0.0553. The number of carbonyl (C=O) groups is 1. The van der Waals surface area contributed by atoms with Crippen molar-refractivity contribution in [2.75, 3.05) is 11.9 Å². The molecule has 1 aromatic heterocycles. The minimum absolute atomic E-state index is 0.101. The second-order valence-electron chi connectivity index (χ2n) is 4.79. The first kappa shape index (κ1) is 12.3. The molecule has 0 spiro atoms. The molecule has 6 heteroatoms. The zero-order valence-corrected chi connectivity index (χ0v) is 10.7. The zero-order valence-electron chi connectivity index (χ0n) is 9.90. The van der Waals surface area contributed by atoms with E-state index in [0.29, 0.717) is 11.2 Å². The fourth-order valence-corrected chi connectivity index (χ4v) is 2.73. The van der Waals surface area contributed by atoms with Crippen LogP contribution in [0.5, 0.6) is 0 Å². The number of rotatable bonds is 3. The molecule has 0 amide bonds. The summed E-state index contributed by atoms with van der Waals surface area (Å²) in [5.41, 5.74) is -0.0215. The minimum Gasteiger partial charge on any atom is -0.476 e. The van der Waals surface area contributed by atoms with E-state index in [9.17, 15) is 4.79 Å². The number of hydrogen-bond donors (Lipinski definition) is 2. The van der Waals surface area contributed by atoms with Crippen LogP contribution in [0.3, 0.4) is 0 Å². The van der Waals surface area contributed by atoms with Crippen LogP contribution in [-0.4, -0.2) is 34.3 Å². The quantitative estimate of drug-likeness (QED) is 0.867. The maximum absolute atomic E-state index is 10.7. The first-order valence-corrected chi connectivity index (χ1v) is 6.43. The third-order valence-electron chi connectivity index (χ3n) is 2.75. The number of hydrogen-bond acceptors (Lipinski definition) is 5. The van der Waals surface area contributed by atoms with Crippen molar-refractivity contribution in [2.45, 2.75) is 38.3 Å². The predicted molar refractivity (Wildman–Crippen MR) is 65.7 cm³/mol. The maximum Gasteiger partial charge on any atom is 0.355 e. The lowest BCUT2D eigenvalue weighted by atomic mass is 9.94. The van der Waals surface area contributed by atoms with Crippen LogP contribution >= 0.6 is 11.3 Å². The van der Waals surface area contributed by atoms with E-state index in [-0.39, 0.29) is 11.3 Å². The Morgan fingerprint density at radius 1 is 1.71 bits per heavy atom. The van der Waals surface area contributed by atoms with Gasteiger partial charge in [0.1, 0.15) is 0 Å². The third kappa shape index (κ3) is 3.17.